The van der Waals surface area contributed by atoms with Gasteiger partial charge in [-0.3, -0.25) is 67.1 Å². The van der Waals surface area contributed by atoms with Crippen molar-refractivity contribution in [3.63, 3.8) is 0 Å². The summed E-state index contributed by atoms with van der Waals surface area (Å²) in [6.07, 6.45) is 30.2. The van der Waals surface area contributed by atoms with Crippen molar-refractivity contribution in [2.24, 2.45) is 0 Å². The van der Waals surface area contributed by atoms with Crippen molar-refractivity contribution in [3.8, 4) is 0 Å². The number of para-hydroxylation sites is 1. The van der Waals surface area contributed by atoms with E-state index < -0.39 is 35.2 Å². The molecule has 12 atom stereocenters. The zero-order chi connectivity index (χ0) is 80.3. The number of carbonyl (C=O) groups is 14. The van der Waals surface area contributed by atoms with Crippen LogP contribution in [-0.4, -0.2) is 287 Å². The highest BCUT2D eigenvalue weighted by Crippen LogP contribution is 2.42. The maximum Gasteiger partial charge on any atom is 0.249 e. The number of carbonyl (C=O) groups excluding carboxylic acids is 14. The van der Waals surface area contributed by atoms with Crippen LogP contribution < -0.4 is 37.2 Å². The Morgan fingerprint density at radius 3 is 1.29 bits per heavy atom. The van der Waals surface area contributed by atoms with Crippen LogP contribution >= 0.6 is 24.4 Å². The number of nitrogens with zero attached hydrogens (tertiary/aromatic N) is 10. The van der Waals surface area contributed by atoms with Gasteiger partial charge in [0.2, 0.25) is 82.7 Å². The number of rotatable bonds is 9. The van der Waals surface area contributed by atoms with Gasteiger partial charge in [0.25, 0.3) is 0 Å². The number of aromatic amines is 2. The zero-order valence-electron chi connectivity index (χ0n) is 65.1. The van der Waals surface area contributed by atoms with Crippen molar-refractivity contribution >= 4 is 118 Å². The maximum absolute atomic E-state index is 12.5. The molecule has 14 amide bonds. The first-order chi connectivity index (χ1) is 54.8. The number of benzene rings is 1. The number of fused-ring (bicyclic) bond motifs is 8. The van der Waals surface area contributed by atoms with E-state index in [9.17, 15) is 67.1 Å². The summed E-state index contributed by atoms with van der Waals surface area (Å²) in [7, 11) is 0. The minimum absolute atomic E-state index is 0.00283. The summed E-state index contributed by atoms with van der Waals surface area (Å²) in [5, 5.41) is 21.0. The fourth-order valence-corrected chi connectivity index (χ4v) is 19.8. The van der Waals surface area contributed by atoms with Gasteiger partial charge in [-0.1, -0.05) is 58.2 Å². The second-order valence-electron chi connectivity index (χ2n) is 33.5. The average Bonchev–Trinajstić information content (AvgIpc) is 1.62. The predicted octanol–water partition coefficient (Wildman–Crippen LogP) is 0.877. The summed E-state index contributed by atoms with van der Waals surface area (Å²) in [5.74, 6) is 1.75. The third-order valence-electron chi connectivity index (χ3n) is 24.8. The maximum atomic E-state index is 12.5. The molecule has 614 valence electrons. The molecule has 9 N–H and O–H groups in total. The molecule has 2 aliphatic carbocycles. The molecule has 114 heavy (non-hydrogen) atoms. The van der Waals surface area contributed by atoms with E-state index in [2.05, 4.69) is 90.6 Å². The van der Waals surface area contributed by atoms with Crippen LogP contribution in [0.25, 0.3) is 10.9 Å². The van der Waals surface area contributed by atoms with Crippen LogP contribution in [0.2, 0.25) is 0 Å². The van der Waals surface area contributed by atoms with Crippen LogP contribution in [0.1, 0.15) is 167 Å². The molecule has 17 heterocycles. The van der Waals surface area contributed by atoms with Crippen molar-refractivity contribution in [2.75, 3.05) is 57.3 Å². The molecule has 2 saturated carbocycles. The Hall–Kier alpha value is -9.54. The van der Waals surface area contributed by atoms with Gasteiger partial charge < -0.3 is 86.1 Å². The third-order valence-corrected chi connectivity index (χ3v) is 26.5. The average molecular weight is 1610 g/mol. The first kappa shape index (κ1) is 81.0. The highest BCUT2D eigenvalue weighted by atomic mass is 32.2. The molecular formula is C79H107N19O14S2. The molecular weight excluding hydrogens is 1500 g/mol. The Bertz CT molecular complexity index is 4230. The lowest BCUT2D eigenvalue weighted by Crippen LogP contribution is -2.69. The number of thioether (sulfide) groups is 1. The van der Waals surface area contributed by atoms with Gasteiger partial charge in [-0.05, 0) is 127 Å². The van der Waals surface area contributed by atoms with Crippen molar-refractivity contribution in [3.05, 3.63) is 73.0 Å². The number of aromatic nitrogens is 5. The van der Waals surface area contributed by atoms with E-state index in [1.165, 1.54) is 6.42 Å². The fraction of sp³-hybridized carbons (Fsp3) is 0.646. The number of piperazine rings is 7. The molecule has 4 aromatic rings. The fourth-order valence-electron chi connectivity index (χ4n) is 18.7. The molecule has 0 radical (unpaired) electrons. The second kappa shape index (κ2) is 34.5. The lowest BCUT2D eigenvalue weighted by Gasteiger charge is -2.45. The largest absolute Gasteiger partial charge is 0.361 e. The number of imidazole rings is 2. The number of amides is 14. The van der Waals surface area contributed by atoms with Gasteiger partial charge in [0.15, 0.2) is 0 Å². The zero-order valence-corrected chi connectivity index (χ0v) is 66.8. The first-order valence-corrected chi connectivity index (χ1v) is 42.5. The van der Waals surface area contributed by atoms with Crippen molar-refractivity contribution in [2.45, 2.75) is 263 Å². The van der Waals surface area contributed by atoms with E-state index in [0.29, 0.717) is 50.5 Å². The number of hydrogen-bond acceptors (Lipinski definition) is 18. The number of hydrogen-bond donors (Lipinski definition) is 10. The van der Waals surface area contributed by atoms with Crippen LogP contribution in [0, 0.1) is 0 Å². The van der Waals surface area contributed by atoms with Gasteiger partial charge in [-0.2, -0.15) is 24.4 Å². The third kappa shape index (κ3) is 17.2. The van der Waals surface area contributed by atoms with E-state index in [1.54, 1.807) is 77.0 Å². The van der Waals surface area contributed by atoms with Crippen LogP contribution in [-0.2, 0) is 86.5 Å². The lowest BCUT2D eigenvalue weighted by molar-refractivity contribution is -0.154. The molecule has 1 aromatic carbocycles. The summed E-state index contributed by atoms with van der Waals surface area (Å²) in [6.45, 7) is 11.9. The van der Waals surface area contributed by atoms with Crippen LogP contribution in [0.4, 0.5) is 0 Å². The van der Waals surface area contributed by atoms with Gasteiger partial charge in [0, 0.05) is 116 Å². The molecule has 16 fully saturated rings. The van der Waals surface area contributed by atoms with Gasteiger partial charge in [0.05, 0.1) is 19.2 Å². The highest BCUT2D eigenvalue weighted by molar-refractivity contribution is 8.00. The summed E-state index contributed by atoms with van der Waals surface area (Å²) >= 11 is 5.75. The molecule has 35 heteroatoms. The molecule has 0 bridgehead atoms. The lowest BCUT2D eigenvalue weighted by atomic mass is 9.79. The number of nitrogens with one attached hydrogen (secondary N) is 9. The van der Waals surface area contributed by atoms with Crippen LogP contribution in [0.3, 0.4) is 0 Å². The van der Waals surface area contributed by atoms with Gasteiger partial charge in [-0.15, -0.1) is 0 Å². The first-order valence-electron chi connectivity index (χ1n) is 40.9. The van der Waals surface area contributed by atoms with Crippen LogP contribution in [0.5, 0.6) is 0 Å². The second-order valence-corrected chi connectivity index (χ2v) is 35.7. The van der Waals surface area contributed by atoms with Crippen molar-refractivity contribution in [1.82, 2.24) is 96.0 Å². The molecule has 2 spiro atoms. The number of H-pyrrole nitrogens is 2. The molecule has 33 nitrogen and oxygen atoms in total. The summed E-state index contributed by atoms with van der Waals surface area (Å²) in [6, 6.07) is 4.49. The SMILES string of the molecule is CC(C)(C)SC[C@@H]1NC(=O)[C@@H]2CCCN2C1=O.O=C1NC2(CC2)C(=O)N2CCC[C@@H]12.O=C1NC2(CCCCC2)C(=O)N2CCC[C@@H]12.O=C1N[C@@H](CS)C(=O)N2CCC[C@@H]12.O=C1N[C@@H](Cc2c[nH]c3ccccc23)C(=O)N2CCC[C@@H]12.O=C1N[C@@H](Cc2cnc[nH]2)C(=O)N2CCC[C@@H]12.O=C1N[C@@H](Cn2ccnc2)C(=O)N2CCC[C@@H]12. The smallest absolute Gasteiger partial charge is 0.249 e. The minimum atomic E-state index is -0.532. The Labute approximate surface area is 671 Å². The summed E-state index contributed by atoms with van der Waals surface area (Å²) in [4.78, 5) is 194. The van der Waals surface area contributed by atoms with Gasteiger partial charge in [0.1, 0.15) is 83.6 Å². The van der Waals surface area contributed by atoms with Gasteiger partial charge in [-0.25, -0.2) is 9.97 Å². The monoisotopic (exact) mass is 1610 g/mol. The van der Waals surface area contributed by atoms with E-state index in [1.807, 2.05) is 35.4 Å². The Morgan fingerprint density at radius 1 is 0.447 bits per heavy atom. The quantitative estimate of drug-likeness (QED) is 0.104. The standard InChI is InChI=1S/C16H17N3O2.C12H20N2O2S.C12H18N2O2.2C11H14N4O2.C9H12N2O2.C8H12N2O2S/c20-15-14-6-3-7-19(14)16(21)13(18-15)8-10-9-17-12-5-2-1-4-11(10)12;1-12(2,3)17-7-8-11(16)14-6-4-5-9(14)10(15)13-8;15-10-9-5-4-8-14(9)11(16)12(13-10)6-2-1-3-7-12;16-10-9-2-1-4-15(9)11(17)8(13-10)6-14-5-3-12-7-14;16-10-9-2-1-3-15(9)11(17)8(14-10)4-7-5-12-6-13-7;12-7-6-2-1-5-11(6)8(13)9(10-7)3-4-9;11-7-6-2-1-3-10(6)8(12)5(4-13)9-7/h1-2,4-5,9,13-14,17H,3,6-8H2,(H,18,20);8-9H,4-7H2,1-3H3,(H,13,15);9H,1-8H2,(H,13,15);3,5,7-9H,1-2,4,6H2,(H,13,16);5-6,8-9H,1-4H2,(H,12,13)(H,14,16);6H,1-5H2,(H,10,12);5-6,13H,1-4H2,(H,9,11)/t13-,14-;8-,9-;9-;2*8-,9-;6-;5-,6-/m0000000/s1. The molecule has 14 saturated heterocycles. The summed E-state index contributed by atoms with van der Waals surface area (Å²) < 4.78 is 1.92. The van der Waals surface area contributed by atoms with Gasteiger partial charge >= 0.3 is 0 Å². The molecule has 0 unspecified atom stereocenters. The molecule has 3 aromatic heterocycles. The van der Waals surface area contributed by atoms with E-state index in [4.69, 9.17) is 0 Å². The topological polar surface area (TPSA) is 408 Å². The Morgan fingerprint density at radius 2 is 0.851 bits per heavy atom. The summed E-state index contributed by atoms with van der Waals surface area (Å²) in [5.41, 5.74) is 2.00. The van der Waals surface area contributed by atoms with Crippen molar-refractivity contribution < 1.29 is 67.1 Å². The molecule has 20 rings (SSSR count). The highest BCUT2D eigenvalue weighted by Gasteiger charge is 2.60. The Balaban J connectivity index is 0.000000111. The van der Waals surface area contributed by atoms with E-state index >= 15 is 0 Å². The van der Waals surface area contributed by atoms with Crippen molar-refractivity contribution in [1.29, 1.82) is 0 Å². The van der Waals surface area contributed by atoms with E-state index in [0.717, 1.165) is 177 Å². The Kier molecular flexibility index (Phi) is 24.5. The number of thiol groups is 1. The molecule has 16 aliphatic rings. The normalized spacial score (nSPS) is 29.7. The van der Waals surface area contributed by atoms with E-state index in [-0.39, 0.29) is 136 Å². The molecule has 14 aliphatic heterocycles. The minimum Gasteiger partial charge on any atom is -0.361 e. The predicted molar refractivity (Wildman–Crippen MR) is 419 cm³/mol. The van der Waals surface area contributed by atoms with Crippen LogP contribution in [0.15, 0.2) is 61.7 Å².